The largest absolute Gasteiger partial charge is 0.454 e. The Morgan fingerprint density at radius 1 is 0.902 bits per heavy atom. The van der Waals surface area contributed by atoms with E-state index in [1.165, 1.54) is 25.1 Å². The van der Waals surface area contributed by atoms with Gasteiger partial charge < -0.3 is 19.5 Å². The van der Waals surface area contributed by atoms with Crippen LogP contribution in [-0.2, 0) is 4.79 Å². The number of halogens is 1. The molecule has 41 heavy (non-hydrogen) atoms. The highest BCUT2D eigenvalue weighted by atomic mass is 19.1. The Labute approximate surface area is 234 Å². The molecule has 5 aromatic rings. The minimum Gasteiger partial charge on any atom is -0.454 e. The first-order valence-corrected chi connectivity index (χ1v) is 12.8. The van der Waals surface area contributed by atoms with Gasteiger partial charge in [0.1, 0.15) is 11.5 Å². The second-order valence-corrected chi connectivity index (χ2v) is 9.45. The molecule has 9 heteroatoms. The second-order valence-electron chi connectivity index (χ2n) is 9.45. The number of aryl methyl sites for hydroxylation is 1. The lowest BCUT2D eigenvalue weighted by atomic mass is 10.0. The fourth-order valence-corrected chi connectivity index (χ4v) is 4.56. The molecule has 2 heterocycles. The molecule has 6 rings (SSSR count). The van der Waals surface area contributed by atoms with Crippen molar-refractivity contribution in [2.75, 3.05) is 12.1 Å². The molecular formula is C32H24FN3O5. The molecule has 0 spiro atoms. The van der Waals surface area contributed by atoms with E-state index in [9.17, 15) is 14.0 Å². The smallest absolute Gasteiger partial charge is 0.309 e. The number of anilines is 1. The molecular weight excluding hydrogens is 525 g/mol. The first kappa shape index (κ1) is 25.8. The van der Waals surface area contributed by atoms with Crippen LogP contribution >= 0.6 is 0 Å². The zero-order valence-corrected chi connectivity index (χ0v) is 22.2. The van der Waals surface area contributed by atoms with E-state index in [1.54, 1.807) is 41.1 Å². The van der Waals surface area contributed by atoms with E-state index in [0.717, 1.165) is 11.1 Å². The van der Waals surface area contributed by atoms with Gasteiger partial charge in [-0.15, -0.1) is 0 Å². The van der Waals surface area contributed by atoms with Gasteiger partial charge in [-0.25, -0.2) is 4.39 Å². The maximum Gasteiger partial charge on any atom is 0.309 e. The number of esters is 1. The Balaban J connectivity index is 1.46. The summed E-state index contributed by atoms with van der Waals surface area (Å²) in [6.07, 6.45) is 0. The fraction of sp³-hybridized carbons (Fsp3) is 0.0938. The Hall–Kier alpha value is -5.44. The Bertz CT molecular complexity index is 1780. The number of fused-ring (bicyclic) bond motifs is 1. The van der Waals surface area contributed by atoms with Crippen LogP contribution in [0.1, 0.15) is 22.8 Å². The van der Waals surface area contributed by atoms with Gasteiger partial charge >= 0.3 is 5.97 Å². The van der Waals surface area contributed by atoms with Crippen LogP contribution in [0.15, 0.2) is 91.0 Å². The van der Waals surface area contributed by atoms with Crippen LogP contribution < -0.4 is 19.5 Å². The lowest BCUT2D eigenvalue weighted by Gasteiger charge is -2.11. The molecule has 204 valence electrons. The minimum absolute atomic E-state index is 0.0572. The van der Waals surface area contributed by atoms with Crippen molar-refractivity contribution >= 4 is 17.6 Å². The lowest BCUT2D eigenvalue weighted by molar-refractivity contribution is -0.132. The Kier molecular flexibility index (Phi) is 6.68. The first-order chi connectivity index (χ1) is 19.9. The Morgan fingerprint density at radius 3 is 2.34 bits per heavy atom. The van der Waals surface area contributed by atoms with Crippen molar-refractivity contribution in [3.05, 3.63) is 108 Å². The molecule has 0 saturated heterocycles. The van der Waals surface area contributed by atoms with Crippen molar-refractivity contribution in [2.24, 2.45) is 0 Å². The number of rotatable bonds is 6. The van der Waals surface area contributed by atoms with Gasteiger partial charge in [-0.3, -0.25) is 9.59 Å². The lowest BCUT2D eigenvalue weighted by Crippen LogP contribution is -2.13. The van der Waals surface area contributed by atoms with Crippen molar-refractivity contribution in [2.45, 2.75) is 13.8 Å². The molecule has 1 N–H and O–H groups in total. The summed E-state index contributed by atoms with van der Waals surface area (Å²) in [5.74, 6) is -0.237. The summed E-state index contributed by atoms with van der Waals surface area (Å²) >= 11 is 0. The van der Waals surface area contributed by atoms with Gasteiger partial charge in [0.2, 0.25) is 12.7 Å². The molecule has 1 amide bonds. The standard InChI is InChI=1S/C32H24FN3O5/c1-19-7-14-24(15-8-19)36-32(41-20(2)37)29(30(35-36)22-11-16-27-28(17-22)40-18-39-27)21-9-12-23(13-10-21)34-31(38)25-5-3-4-6-26(25)33/h3-17H,18H2,1-2H3,(H,34,38). The number of amides is 1. The van der Waals surface area contributed by atoms with E-state index in [-0.39, 0.29) is 18.2 Å². The van der Waals surface area contributed by atoms with Gasteiger partial charge in [0.25, 0.3) is 5.91 Å². The number of aromatic nitrogens is 2. The third-order valence-electron chi connectivity index (χ3n) is 6.56. The number of carbonyl (C=O) groups excluding carboxylic acids is 2. The number of benzene rings is 4. The van der Waals surface area contributed by atoms with E-state index < -0.39 is 17.7 Å². The molecule has 4 aromatic carbocycles. The van der Waals surface area contributed by atoms with Crippen molar-refractivity contribution in [1.82, 2.24) is 9.78 Å². The maximum atomic E-state index is 14.1. The highest BCUT2D eigenvalue weighted by Crippen LogP contribution is 2.44. The second kappa shape index (κ2) is 10.6. The van der Waals surface area contributed by atoms with Crippen LogP contribution in [-0.4, -0.2) is 28.4 Å². The molecule has 0 bridgehead atoms. The average molecular weight is 550 g/mol. The molecule has 0 aliphatic carbocycles. The third kappa shape index (κ3) is 5.12. The van der Waals surface area contributed by atoms with Gasteiger partial charge in [0, 0.05) is 18.2 Å². The summed E-state index contributed by atoms with van der Waals surface area (Å²) in [5.41, 5.74) is 4.68. The maximum absolute atomic E-state index is 14.1. The summed E-state index contributed by atoms with van der Waals surface area (Å²) in [4.78, 5) is 24.9. The van der Waals surface area contributed by atoms with Gasteiger partial charge in [0.05, 0.1) is 16.8 Å². The summed E-state index contributed by atoms with van der Waals surface area (Å²) < 4.78 is 32.5. The predicted molar refractivity (Wildman–Crippen MR) is 151 cm³/mol. The summed E-state index contributed by atoms with van der Waals surface area (Å²) in [7, 11) is 0. The normalized spacial score (nSPS) is 11.8. The Morgan fingerprint density at radius 2 is 1.61 bits per heavy atom. The molecule has 1 aliphatic heterocycles. The van der Waals surface area contributed by atoms with E-state index in [4.69, 9.17) is 19.3 Å². The minimum atomic E-state index is -0.607. The topological polar surface area (TPSA) is 91.7 Å². The summed E-state index contributed by atoms with van der Waals surface area (Å²) in [6, 6.07) is 25.9. The number of hydrogen-bond donors (Lipinski definition) is 1. The van der Waals surface area contributed by atoms with Crippen molar-refractivity contribution in [1.29, 1.82) is 0 Å². The van der Waals surface area contributed by atoms with Crippen molar-refractivity contribution < 1.29 is 28.2 Å². The SMILES string of the molecule is CC(=O)Oc1c(-c2ccc(NC(=O)c3ccccc3F)cc2)c(-c2ccc3c(c2)OCO3)nn1-c1ccc(C)cc1. The van der Waals surface area contributed by atoms with Crippen molar-refractivity contribution in [3.8, 4) is 45.5 Å². The van der Waals surface area contributed by atoms with Gasteiger partial charge in [-0.2, -0.15) is 9.78 Å². The van der Waals surface area contributed by atoms with Crippen LogP contribution in [0.3, 0.4) is 0 Å². The number of ether oxygens (including phenoxy) is 3. The summed E-state index contributed by atoms with van der Waals surface area (Å²) in [5, 5.41) is 7.61. The van der Waals surface area contributed by atoms with Crippen LogP contribution in [0.2, 0.25) is 0 Å². The zero-order chi connectivity index (χ0) is 28.5. The van der Waals surface area contributed by atoms with Gasteiger partial charge in [-0.05, 0) is 67.1 Å². The highest BCUT2D eigenvalue weighted by molar-refractivity contribution is 6.04. The fourth-order valence-electron chi connectivity index (χ4n) is 4.56. The molecule has 0 saturated carbocycles. The highest BCUT2D eigenvalue weighted by Gasteiger charge is 2.26. The summed E-state index contributed by atoms with van der Waals surface area (Å²) in [6.45, 7) is 3.44. The molecule has 1 aliphatic rings. The average Bonchev–Trinajstić information content (AvgIpc) is 3.58. The van der Waals surface area contributed by atoms with E-state index in [1.807, 2.05) is 43.3 Å². The number of nitrogens with zero attached hydrogens (tertiary/aromatic N) is 2. The molecule has 0 fully saturated rings. The van der Waals surface area contributed by atoms with Crippen LogP contribution in [0, 0.1) is 12.7 Å². The molecule has 0 radical (unpaired) electrons. The predicted octanol–water partition coefficient (Wildman–Crippen LogP) is 6.56. The van der Waals surface area contributed by atoms with Gasteiger partial charge in [-0.1, -0.05) is 42.0 Å². The van der Waals surface area contributed by atoms with Gasteiger partial charge in [0.15, 0.2) is 11.5 Å². The molecule has 0 atom stereocenters. The van der Waals surface area contributed by atoms with E-state index in [2.05, 4.69) is 5.32 Å². The zero-order valence-electron chi connectivity index (χ0n) is 22.2. The molecule has 1 aromatic heterocycles. The molecule has 0 unspecified atom stereocenters. The van der Waals surface area contributed by atoms with Crippen LogP contribution in [0.4, 0.5) is 10.1 Å². The van der Waals surface area contributed by atoms with E-state index >= 15 is 0 Å². The van der Waals surface area contributed by atoms with Crippen LogP contribution in [0.25, 0.3) is 28.1 Å². The monoisotopic (exact) mass is 549 g/mol. The number of hydrogen-bond acceptors (Lipinski definition) is 6. The quantitative estimate of drug-likeness (QED) is 0.241. The third-order valence-corrected chi connectivity index (χ3v) is 6.56. The van der Waals surface area contributed by atoms with Crippen LogP contribution in [0.5, 0.6) is 17.4 Å². The van der Waals surface area contributed by atoms with E-state index in [0.29, 0.717) is 39.7 Å². The first-order valence-electron chi connectivity index (χ1n) is 12.8. The number of nitrogens with one attached hydrogen (secondary N) is 1. The number of carbonyl (C=O) groups is 2. The van der Waals surface area contributed by atoms with Crippen molar-refractivity contribution in [3.63, 3.8) is 0 Å². The molecule has 8 nitrogen and oxygen atoms in total.